The highest BCUT2D eigenvalue weighted by Gasteiger charge is 1.96. The van der Waals surface area contributed by atoms with Gasteiger partial charge in [0.05, 0.1) is 7.11 Å². The van der Waals surface area contributed by atoms with Crippen LogP contribution in [-0.2, 0) is 0 Å². The van der Waals surface area contributed by atoms with E-state index in [9.17, 15) is 0 Å². The molecule has 0 aliphatic rings. The molecule has 0 aliphatic carbocycles. The Kier molecular flexibility index (Phi) is 2.23. The molecule has 13 heavy (non-hydrogen) atoms. The molecule has 0 N–H and O–H groups in total. The van der Waals surface area contributed by atoms with E-state index in [1.807, 2.05) is 30.3 Å². The zero-order valence-corrected chi connectivity index (χ0v) is 8.76. The van der Waals surface area contributed by atoms with Gasteiger partial charge in [0, 0.05) is 10.5 Å². The maximum absolute atomic E-state index is 5.13. The van der Waals surface area contributed by atoms with Gasteiger partial charge in [0.1, 0.15) is 5.75 Å². The number of hydrogen-bond acceptors (Lipinski definition) is 1. The van der Waals surface area contributed by atoms with Crippen molar-refractivity contribution >= 4 is 26.7 Å². The highest BCUT2D eigenvalue weighted by molar-refractivity contribution is 9.10. The molecule has 0 heterocycles. The Morgan fingerprint density at radius 1 is 1.23 bits per heavy atom. The molecule has 2 aromatic carbocycles. The molecule has 0 saturated carbocycles. The minimum atomic E-state index is 0.878. The molecular formula is C11H8BrO. The fraction of sp³-hybridized carbons (Fsp3) is 0.0909. The molecule has 0 aliphatic heterocycles. The number of methoxy groups -OCH3 is 1. The number of fused-ring (bicyclic) bond motifs is 1. The van der Waals surface area contributed by atoms with Crippen LogP contribution in [0.25, 0.3) is 10.8 Å². The van der Waals surface area contributed by atoms with E-state index in [0.29, 0.717) is 0 Å². The molecule has 0 fully saturated rings. The van der Waals surface area contributed by atoms with Gasteiger partial charge in [-0.2, -0.15) is 0 Å². The van der Waals surface area contributed by atoms with E-state index in [1.165, 1.54) is 0 Å². The maximum atomic E-state index is 5.13. The molecule has 0 aromatic heterocycles. The van der Waals surface area contributed by atoms with Crippen LogP contribution in [0.1, 0.15) is 0 Å². The van der Waals surface area contributed by atoms with Crippen molar-refractivity contribution in [2.24, 2.45) is 0 Å². The van der Waals surface area contributed by atoms with E-state index >= 15 is 0 Å². The lowest BCUT2D eigenvalue weighted by Crippen LogP contribution is -1.82. The van der Waals surface area contributed by atoms with Crippen molar-refractivity contribution in [1.82, 2.24) is 0 Å². The fourth-order valence-electron chi connectivity index (χ4n) is 1.25. The predicted molar refractivity (Wildman–Crippen MR) is 57.0 cm³/mol. The van der Waals surface area contributed by atoms with Crippen LogP contribution in [0.5, 0.6) is 5.75 Å². The summed E-state index contributed by atoms with van der Waals surface area (Å²) in [7, 11) is 1.67. The topological polar surface area (TPSA) is 9.23 Å². The molecular weight excluding hydrogens is 228 g/mol. The minimum absolute atomic E-state index is 0.878. The van der Waals surface area contributed by atoms with Crippen LogP contribution in [-0.4, -0.2) is 7.11 Å². The Labute approximate surface area is 85.5 Å². The lowest BCUT2D eigenvalue weighted by Gasteiger charge is -2.01. The van der Waals surface area contributed by atoms with Crippen LogP contribution in [0.2, 0.25) is 0 Å². The number of benzene rings is 2. The first-order valence-electron chi connectivity index (χ1n) is 3.95. The molecule has 0 amide bonds. The van der Waals surface area contributed by atoms with Gasteiger partial charge in [-0.15, -0.1) is 0 Å². The van der Waals surface area contributed by atoms with Gasteiger partial charge in [0.25, 0.3) is 0 Å². The highest BCUT2D eigenvalue weighted by Crippen LogP contribution is 2.23. The number of rotatable bonds is 1. The van der Waals surface area contributed by atoms with E-state index in [1.54, 1.807) is 7.11 Å². The van der Waals surface area contributed by atoms with Gasteiger partial charge in [-0.3, -0.25) is 0 Å². The SMILES string of the molecule is COc1ccc2[c]c(Br)ccc2c1. The summed E-state index contributed by atoms with van der Waals surface area (Å²) in [6.45, 7) is 0. The second-order valence-electron chi connectivity index (χ2n) is 2.76. The van der Waals surface area contributed by atoms with E-state index in [2.05, 4.69) is 22.0 Å². The molecule has 0 spiro atoms. The zero-order chi connectivity index (χ0) is 9.26. The maximum Gasteiger partial charge on any atom is 0.119 e. The zero-order valence-electron chi connectivity index (χ0n) is 7.17. The lowest BCUT2D eigenvalue weighted by molar-refractivity contribution is 0.415. The van der Waals surface area contributed by atoms with Gasteiger partial charge in [-0.05, 0) is 29.0 Å². The second kappa shape index (κ2) is 3.38. The average molecular weight is 236 g/mol. The first kappa shape index (κ1) is 8.57. The molecule has 1 radical (unpaired) electrons. The molecule has 2 rings (SSSR count). The van der Waals surface area contributed by atoms with E-state index in [-0.39, 0.29) is 0 Å². The van der Waals surface area contributed by atoms with Crippen molar-refractivity contribution in [1.29, 1.82) is 0 Å². The number of ether oxygens (including phenoxy) is 1. The molecule has 2 aromatic rings. The highest BCUT2D eigenvalue weighted by atomic mass is 79.9. The third kappa shape index (κ3) is 1.68. The Balaban J connectivity index is 2.66. The Morgan fingerprint density at radius 3 is 2.85 bits per heavy atom. The van der Waals surface area contributed by atoms with Crippen LogP contribution >= 0.6 is 15.9 Å². The largest absolute Gasteiger partial charge is 0.497 e. The monoisotopic (exact) mass is 235 g/mol. The van der Waals surface area contributed by atoms with Gasteiger partial charge in [-0.25, -0.2) is 0 Å². The Hall–Kier alpha value is -1.02. The smallest absolute Gasteiger partial charge is 0.119 e. The van der Waals surface area contributed by atoms with Crippen molar-refractivity contribution in [3.63, 3.8) is 0 Å². The Bertz CT molecular complexity index is 437. The summed E-state index contributed by atoms with van der Waals surface area (Å²) in [6, 6.07) is 13.1. The summed E-state index contributed by atoms with van der Waals surface area (Å²) in [6.07, 6.45) is 0. The third-order valence-corrected chi connectivity index (χ3v) is 2.38. The molecule has 0 atom stereocenters. The summed E-state index contributed by atoms with van der Waals surface area (Å²) in [5.74, 6) is 0.878. The van der Waals surface area contributed by atoms with Crippen molar-refractivity contribution < 1.29 is 4.74 Å². The quantitative estimate of drug-likeness (QED) is 0.737. The second-order valence-corrected chi connectivity index (χ2v) is 3.61. The van der Waals surface area contributed by atoms with E-state index in [0.717, 1.165) is 21.0 Å². The summed E-state index contributed by atoms with van der Waals surface area (Å²) in [5.41, 5.74) is 0. The summed E-state index contributed by atoms with van der Waals surface area (Å²) < 4.78 is 6.10. The van der Waals surface area contributed by atoms with Crippen LogP contribution < -0.4 is 4.74 Å². The third-order valence-electron chi connectivity index (χ3n) is 1.92. The summed E-state index contributed by atoms with van der Waals surface area (Å²) >= 11 is 3.38. The first-order chi connectivity index (χ1) is 6.29. The molecule has 65 valence electrons. The Morgan fingerprint density at radius 2 is 2.08 bits per heavy atom. The van der Waals surface area contributed by atoms with E-state index < -0.39 is 0 Å². The van der Waals surface area contributed by atoms with Gasteiger partial charge < -0.3 is 4.74 Å². The van der Waals surface area contributed by atoms with Crippen molar-refractivity contribution in [3.8, 4) is 5.75 Å². The van der Waals surface area contributed by atoms with Crippen molar-refractivity contribution in [2.45, 2.75) is 0 Å². The lowest BCUT2D eigenvalue weighted by atomic mass is 10.1. The van der Waals surface area contributed by atoms with Crippen LogP contribution in [0.15, 0.2) is 34.8 Å². The minimum Gasteiger partial charge on any atom is -0.497 e. The van der Waals surface area contributed by atoms with Crippen LogP contribution in [0, 0.1) is 6.07 Å². The number of hydrogen-bond donors (Lipinski definition) is 0. The first-order valence-corrected chi connectivity index (χ1v) is 4.74. The van der Waals surface area contributed by atoms with E-state index in [4.69, 9.17) is 4.74 Å². The fourth-order valence-corrected chi connectivity index (χ4v) is 1.60. The summed E-state index contributed by atoms with van der Waals surface area (Å²) in [5, 5.41) is 2.23. The standard InChI is InChI=1S/C11H8BrO/c1-13-11-5-3-8-6-10(12)4-2-9(8)7-11/h2-5,7H,1H3. The average Bonchev–Trinajstić information content (AvgIpc) is 2.17. The summed E-state index contributed by atoms with van der Waals surface area (Å²) in [4.78, 5) is 0. The number of halogens is 1. The molecule has 0 bridgehead atoms. The van der Waals surface area contributed by atoms with Gasteiger partial charge in [0.2, 0.25) is 0 Å². The molecule has 2 heteroatoms. The van der Waals surface area contributed by atoms with Gasteiger partial charge >= 0.3 is 0 Å². The van der Waals surface area contributed by atoms with Crippen LogP contribution in [0.3, 0.4) is 0 Å². The molecule has 1 nitrogen and oxygen atoms in total. The van der Waals surface area contributed by atoms with Crippen LogP contribution in [0.4, 0.5) is 0 Å². The van der Waals surface area contributed by atoms with Crippen molar-refractivity contribution in [2.75, 3.05) is 7.11 Å². The van der Waals surface area contributed by atoms with Crippen molar-refractivity contribution in [3.05, 3.63) is 40.9 Å². The normalized spacial score (nSPS) is 10.3. The van der Waals surface area contributed by atoms with Gasteiger partial charge in [-0.1, -0.05) is 28.1 Å². The molecule has 0 unspecified atom stereocenters. The predicted octanol–water partition coefficient (Wildman–Crippen LogP) is 3.41. The van der Waals surface area contributed by atoms with Gasteiger partial charge in [0.15, 0.2) is 0 Å². The molecule has 0 saturated heterocycles.